The van der Waals surface area contributed by atoms with Gasteiger partial charge in [-0.2, -0.15) is 0 Å². The van der Waals surface area contributed by atoms with Crippen LogP contribution in [-0.2, 0) is 24.2 Å². The molecule has 156 valence electrons. The summed E-state index contributed by atoms with van der Waals surface area (Å²) in [6, 6.07) is -0.985. The maximum Gasteiger partial charge on any atom is 0.325 e. The second kappa shape index (κ2) is 6.98. The van der Waals surface area contributed by atoms with Crippen molar-refractivity contribution in [3.8, 4) is 0 Å². The molecule has 3 atom stereocenters. The highest BCUT2D eigenvalue weighted by molar-refractivity contribution is 7.91. The molecule has 4 fully saturated rings. The molecule has 0 bridgehead atoms. The number of ether oxygens (including phenoxy) is 1. The van der Waals surface area contributed by atoms with Crippen molar-refractivity contribution < 1.29 is 27.5 Å². The summed E-state index contributed by atoms with van der Waals surface area (Å²) in [5.74, 6) is -0.682. The Morgan fingerprint density at radius 1 is 1.29 bits per heavy atom. The van der Waals surface area contributed by atoms with Gasteiger partial charge >= 0.3 is 6.03 Å². The largest absolute Gasteiger partial charge is 0.376 e. The highest BCUT2D eigenvalue weighted by atomic mass is 32.2. The molecule has 0 aromatic heterocycles. The zero-order chi connectivity index (χ0) is 20.1. The number of hydrogen-bond acceptors (Lipinski definition) is 6. The molecule has 0 unspecified atom stereocenters. The number of sulfone groups is 1. The second-order valence-electron chi connectivity index (χ2n) is 8.54. The average molecular weight is 413 g/mol. The Morgan fingerprint density at radius 3 is 2.61 bits per heavy atom. The standard InChI is InChI=1S/C18H27N3O6S/c1-18(12-4-5-12)16(23)21(17(24)19-18)10-15(22)20(9-14-3-2-7-27-14)13-6-8-28(25,26)11-13/h12-14H,2-11H2,1H3,(H,19,24)/t13-,14-,18+/m0/s1. The maximum absolute atomic E-state index is 13.1. The first-order chi connectivity index (χ1) is 13.2. The van der Waals surface area contributed by atoms with Gasteiger partial charge in [0.1, 0.15) is 12.1 Å². The molecule has 28 heavy (non-hydrogen) atoms. The topological polar surface area (TPSA) is 113 Å². The molecule has 9 nitrogen and oxygen atoms in total. The number of urea groups is 1. The zero-order valence-electron chi connectivity index (χ0n) is 16.1. The van der Waals surface area contributed by atoms with Crippen LogP contribution < -0.4 is 5.32 Å². The van der Waals surface area contributed by atoms with Crippen molar-refractivity contribution in [2.45, 2.75) is 56.7 Å². The number of nitrogens with zero attached hydrogens (tertiary/aromatic N) is 2. The van der Waals surface area contributed by atoms with Gasteiger partial charge < -0.3 is 15.0 Å². The van der Waals surface area contributed by atoms with E-state index in [1.165, 1.54) is 4.90 Å². The van der Waals surface area contributed by atoms with Gasteiger partial charge in [0, 0.05) is 19.2 Å². The van der Waals surface area contributed by atoms with E-state index >= 15 is 0 Å². The summed E-state index contributed by atoms with van der Waals surface area (Å²) in [4.78, 5) is 40.7. The van der Waals surface area contributed by atoms with E-state index in [1.54, 1.807) is 6.92 Å². The van der Waals surface area contributed by atoms with Crippen molar-refractivity contribution in [1.82, 2.24) is 15.1 Å². The van der Waals surface area contributed by atoms with Crippen molar-refractivity contribution in [2.75, 3.05) is 31.2 Å². The Bertz CT molecular complexity index is 789. The molecule has 4 aliphatic rings. The van der Waals surface area contributed by atoms with Crippen molar-refractivity contribution in [1.29, 1.82) is 0 Å². The lowest BCUT2D eigenvalue weighted by Crippen LogP contribution is -2.51. The third-order valence-electron chi connectivity index (χ3n) is 6.38. The summed E-state index contributed by atoms with van der Waals surface area (Å²) < 4.78 is 29.5. The maximum atomic E-state index is 13.1. The molecule has 1 N–H and O–H groups in total. The van der Waals surface area contributed by atoms with Crippen LogP contribution in [0.2, 0.25) is 0 Å². The van der Waals surface area contributed by atoms with Crippen LogP contribution >= 0.6 is 0 Å². The molecule has 1 aliphatic carbocycles. The summed E-state index contributed by atoms with van der Waals surface area (Å²) in [5.41, 5.74) is -0.937. The lowest BCUT2D eigenvalue weighted by Gasteiger charge is -2.31. The molecule has 0 aromatic rings. The van der Waals surface area contributed by atoms with Crippen LogP contribution in [0.1, 0.15) is 39.0 Å². The average Bonchev–Trinajstić information content (AvgIpc) is 3.19. The smallest absolute Gasteiger partial charge is 0.325 e. The number of nitrogens with one attached hydrogen (secondary N) is 1. The van der Waals surface area contributed by atoms with Crippen LogP contribution in [0.25, 0.3) is 0 Å². The minimum atomic E-state index is -3.17. The van der Waals surface area contributed by atoms with Crippen molar-refractivity contribution in [3.63, 3.8) is 0 Å². The van der Waals surface area contributed by atoms with Crippen LogP contribution in [0.5, 0.6) is 0 Å². The quantitative estimate of drug-likeness (QED) is 0.609. The van der Waals surface area contributed by atoms with Gasteiger partial charge in [0.2, 0.25) is 5.91 Å². The van der Waals surface area contributed by atoms with Crippen molar-refractivity contribution in [3.05, 3.63) is 0 Å². The first kappa shape index (κ1) is 19.6. The van der Waals surface area contributed by atoms with Gasteiger partial charge in [-0.1, -0.05) is 0 Å². The minimum absolute atomic E-state index is 0.0514. The van der Waals surface area contributed by atoms with E-state index in [-0.39, 0.29) is 36.0 Å². The van der Waals surface area contributed by atoms with Crippen LogP contribution in [0.3, 0.4) is 0 Å². The Balaban J connectivity index is 1.48. The van der Waals surface area contributed by atoms with E-state index < -0.39 is 33.4 Å². The number of imide groups is 1. The number of carbonyl (C=O) groups excluding carboxylic acids is 3. The number of hydrogen-bond donors (Lipinski definition) is 1. The molecular weight excluding hydrogens is 386 g/mol. The number of amides is 4. The Labute approximate surface area is 164 Å². The van der Waals surface area contributed by atoms with E-state index in [0.29, 0.717) is 19.6 Å². The Kier molecular flexibility index (Phi) is 4.89. The van der Waals surface area contributed by atoms with E-state index in [4.69, 9.17) is 4.74 Å². The molecule has 10 heteroatoms. The zero-order valence-corrected chi connectivity index (χ0v) is 16.9. The summed E-state index contributed by atoms with van der Waals surface area (Å²) in [6.07, 6.45) is 3.73. The number of rotatable bonds is 6. The van der Waals surface area contributed by atoms with Crippen LogP contribution in [0.15, 0.2) is 0 Å². The fourth-order valence-corrected chi connectivity index (χ4v) is 6.24. The summed E-state index contributed by atoms with van der Waals surface area (Å²) >= 11 is 0. The molecule has 0 radical (unpaired) electrons. The van der Waals surface area contributed by atoms with E-state index in [0.717, 1.165) is 30.6 Å². The van der Waals surface area contributed by atoms with Crippen LogP contribution in [0.4, 0.5) is 4.79 Å². The molecule has 4 amide bonds. The normalized spacial score (nSPS) is 34.7. The first-order valence-corrected chi connectivity index (χ1v) is 11.8. The summed E-state index contributed by atoms with van der Waals surface area (Å²) in [7, 11) is -3.17. The van der Waals surface area contributed by atoms with Gasteiger partial charge in [-0.15, -0.1) is 0 Å². The number of carbonyl (C=O) groups is 3. The van der Waals surface area contributed by atoms with Gasteiger partial charge in [-0.05, 0) is 44.9 Å². The van der Waals surface area contributed by atoms with Crippen molar-refractivity contribution in [2.24, 2.45) is 5.92 Å². The fourth-order valence-electron chi connectivity index (χ4n) is 4.51. The van der Waals surface area contributed by atoms with Crippen molar-refractivity contribution >= 4 is 27.7 Å². The van der Waals surface area contributed by atoms with Gasteiger partial charge in [0.15, 0.2) is 9.84 Å². The van der Waals surface area contributed by atoms with E-state index in [1.807, 2.05) is 0 Å². The molecule has 0 aromatic carbocycles. The second-order valence-corrected chi connectivity index (χ2v) is 10.8. The monoisotopic (exact) mass is 413 g/mol. The molecule has 3 heterocycles. The lowest BCUT2D eigenvalue weighted by atomic mass is 9.96. The fraction of sp³-hybridized carbons (Fsp3) is 0.833. The van der Waals surface area contributed by atoms with E-state index in [9.17, 15) is 22.8 Å². The molecule has 1 saturated carbocycles. The van der Waals surface area contributed by atoms with Crippen LogP contribution in [0, 0.1) is 5.92 Å². The predicted molar refractivity (Wildman–Crippen MR) is 99.1 cm³/mol. The Hall–Kier alpha value is -1.68. The molecule has 0 spiro atoms. The third-order valence-corrected chi connectivity index (χ3v) is 8.13. The summed E-state index contributed by atoms with van der Waals surface area (Å²) in [5, 5.41) is 2.74. The van der Waals surface area contributed by atoms with Crippen LogP contribution in [-0.4, -0.2) is 84.9 Å². The van der Waals surface area contributed by atoms with Gasteiger partial charge in [-0.25, -0.2) is 13.2 Å². The highest BCUT2D eigenvalue weighted by Gasteiger charge is 2.56. The molecular formula is C18H27N3O6S. The van der Waals surface area contributed by atoms with E-state index in [2.05, 4.69) is 5.32 Å². The Morgan fingerprint density at radius 2 is 2.04 bits per heavy atom. The SMILES string of the molecule is C[C@]1(C2CC2)NC(=O)N(CC(=O)N(C[C@@H]2CCCO2)[C@H]2CCS(=O)(=O)C2)C1=O. The van der Waals surface area contributed by atoms with Gasteiger partial charge in [0.05, 0.1) is 17.6 Å². The molecule has 3 saturated heterocycles. The third kappa shape index (κ3) is 3.63. The van der Waals surface area contributed by atoms with Gasteiger partial charge in [0.25, 0.3) is 5.91 Å². The van der Waals surface area contributed by atoms with Gasteiger partial charge in [-0.3, -0.25) is 14.5 Å². The first-order valence-electron chi connectivity index (χ1n) is 9.95. The molecule has 3 aliphatic heterocycles. The lowest BCUT2D eigenvalue weighted by molar-refractivity contribution is -0.141. The molecule has 4 rings (SSSR count). The summed E-state index contributed by atoms with van der Waals surface area (Å²) in [6.45, 7) is 2.27. The highest BCUT2D eigenvalue weighted by Crippen LogP contribution is 2.42. The predicted octanol–water partition coefficient (Wildman–Crippen LogP) is -0.0984. The minimum Gasteiger partial charge on any atom is -0.376 e.